The van der Waals surface area contributed by atoms with Crippen molar-refractivity contribution in [3.05, 3.63) is 59.7 Å². The van der Waals surface area contributed by atoms with E-state index in [1.165, 1.54) is 539 Å². The van der Waals surface area contributed by atoms with E-state index in [9.17, 15) is 25.9 Å². The van der Waals surface area contributed by atoms with Gasteiger partial charge in [-0.1, -0.05) is 590 Å². The molecular weight excluding hydrogens is 1410 g/mol. The van der Waals surface area contributed by atoms with E-state index in [0.29, 0.717) is 24.0 Å². The fraction of sp³-hybridized carbons (Fsp3) is 0.882. The van der Waals surface area contributed by atoms with Crippen molar-refractivity contribution >= 4 is 43.3 Å². The van der Waals surface area contributed by atoms with Crippen LogP contribution in [0.15, 0.2) is 58.3 Å². The Bertz CT molecular complexity index is 2180. The summed E-state index contributed by atoms with van der Waals surface area (Å²) >= 11 is 0. The zero-order chi connectivity index (χ0) is 79.2. The summed E-state index contributed by atoms with van der Waals surface area (Å²) in [5.41, 5.74) is 1.35. The second-order valence-corrected chi connectivity index (χ2v) is 38.0. The summed E-state index contributed by atoms with van der Waals surface area (Å²) in [5, 5.41) is 0. The standard InChI is InChI=1S/2C51H96O3S.Mg/c2*1-2-3-4-5-6-7-8-9-10-11-12-13-14-15-16-17-18-19-20-21-22-23-24-25-26-27-28-29-30-31-32-33-34-35-36-37-38-39-40-41-42-43-44-47-50-48-45-46-49-51(50)55(52,53)54;/h2*45-46,48-49H,2-44,47H2,1H3,(H,52,53,54);/q;;+2/p-2. The monoisotopic (exact) mass is 1600 g/mol. The van der Waals surface area contributed by atoms with Crippen molar-refractivity contribution in [2.45, 2.75) is 589 Å². The van der Waals surface area contributed by atoms with Crippen LogP contribution >= 0.6 is 0 Å². The predicted molar refractivity (Wildman–Crippen MR) is 490 cm³/mol. The van der Waals surface area contributed by atoms with Crippen molar-refractivity contribution in [3.8, 4) is 0 Å². The molecule has 2 aromatic carbocycles. The molecule has 0 aromatic heterocycles. The van der Waals surface area contributed by atoms with Crippen LogP contribution < -0.4 is 0 Å². The van der Waals surface area contributed by atoms with Gasteiger partial charge in [0.05, 0.1) is 9.79 Å². The normalized spacial score (nSPS) is 11.8. The van der Waals surface area contributed by atoms with Crippen LogP contribution in [-0.2, 0) is 33.1 Å². The molecular formula is C102H190MgO6S2. The Hall–Kier alpha value is -0.974. The van der Waals surface area contributed by atoms with Gasteiger partial charge in [0.1, 0.15) is 20.2 Å². The van der Waals surface area contributed by atoms with Crippen LogP contribution in [0.3, 0.4) is 0 Å². The van der Waals surface area contributed by atoms with Gasteiger partial charge in [0.25, 0.3) is 0 Å². The number of hydrogen-bond acceptors (Lipinski definition) is 6. The van der Waals surface area contributed by atoms with E-state index >= 15 is 0 Å². The molecule has 9 heteroatoms. The maximum absolute atomic E-state index is 11.4. The van der Waals surface area contributed by atoms with Crippen molar-refractivity contribution in [3.63, 3.8) is 0 Å². The first-order chi connectivity index (χ1) is 54.1. The third kappa shape index (κ3) is 82.5. The Kier molecular flexibility index (Phi) is 89.0. The van der Waals surface area contributed by atoms with Crippen molar-refractivity contribution < 1.29 is 25.9 Å². The van der Waals surface area contributed by atoms with Crippen molar-refractivity contribution in [1.29, 1.82) is 0 Å². The first-order valence-corrected chi connectivity index (χ1v) is 53.0. The smallest absolute Gasteiger partial charge is 0.744 e. The Morgan fingerprint density at radius 3 is 0.378 bits per heavy atom. The van der Waals surface area contributed by atoms with Crippen LogP contribution in [0.5, 0.6) is 0 Å². The third-order valence-electron chi connectivity index (χ3n) is 24.6. The molecule has 0 unspecified atom stereocenters. The minimum Gasteiger partial charge on any atom is -0.744 e. The van der Waals surface area contributed by atoms with E-state index in [1.807, 2.05) is 12.1 Å². The summed E-state index contributed by atoms with van der Waals surface area (Å²) in [7, 11) is -8.74. The molecule has 0 heterocycles. The van der Waals surface area contributed by atoms with E-state index in [-0.39, 0.29) is 32.8 Å². The number of hydrogen-bond donors (Lipinski definition) is 0. The zero-order valence-corrected chi connectivity index (χ0v) is 77.9. The topological polar surface area (TPSA) is 114 Å². The molecule has 2 rings (SSSR count). The molecule has 2 aromatic rings. The minimum atomic E-state index is -4.37. The predicted octanol–water partition coefficient (Wildman–Crippen LogP) is 35.5. The second-order valence-electron chi connectivity index (χ2n) is 35.3. The molecule has 0 N–H and O–H groups in total. The van der Waals surface area contributed by atoms with Gasteiger partial charge >= 0.3 is 23.1 Å². The first-order valence-electron chi connectivity index (χ1n) is 50.2. The fourth-order valence-corrected chi connectivity index (χ4v) is 18.7. The van der Waals surface area contributed by atoms with E-state index in [4.69, 9.17) is 0 Å². The van der Waals surface area contributed by atoms with Crippen LogP contribution in [0.1, 0.15) is 577 Å². The molecule has 0 spiro atoms. The van der Waals surface area contributed by atoms with Gasteiger partial charge in [-0.05, 0) is 48.9 Å². The quantitative estimate of drug-likeness (QED) is 0.0370. The fourth-order valence-electron chi connectivity index (χ4n) is 17.2. The van der Waals surface area contributed by atoms with Crippen molar-refractivity contribution in [2.75, 3.05) is 0 Å². The molecule has 0 aliphatic carbocycles. The average Bonchev–Trinajstić information content (AvgIpc) is 0.846. The maximum Gasteiger partial charge on any atom is 2.00 e. The molecule has 0 saturated heterocycles. The first kappa shape index (κ1) is 110. The van der Waals surface area contributed by atoms with Crippen LogP contribution in [0, 0.1) is 0 Å². The van der Waals surface area contributed by atoms with Gasteiger partial charge in [-0.25, -0.2) is 16.8 Å². The summed E-state index contributed by atoms with van der Waals surface area (Å²) < 4.78 is 68.4. The molecule has 111 heavy (non-hydrogen) atoms. The summed E-state index contributed by atoms with van der Waals surface area (Å²) in [6.45, 7) is 4.61. The zero-order valence-electron chi connectivity index (χ0n) is 74.8. The van der Waals surface area contributed by atoms with Crippen molar-refractivity contribution in [2.24, 2.45) is 0 Å². The van der Waals surface area contributed by atoms with Crippen LogP contribution in [-0.4, -0.2) is 49.0 Å². The SMILES string of the molecule is CCCCCCCCCCCCCCCCCCCCCCCCCCCCCCCCCCCCCCCCCCCCCc1ccccc1S(=O)(=O)[O-].CCCCCCCCCCCCCCCCCCCCCCCCCCCCCCCCCCCCCCCCCCCCCc1ccccc1S(=O)(=O)[O-].[Mg+2]. The molecule has 0 fully saturated rings. The van der Waals surface area contributed by atoms with Gasteiger partial charge < -0.3 is 9.11 Å². The van der Waals surface area contributed by atoms with E-state index in [0.717, 1.165) is 25.7 Å². The van der Waals surface area contributed by atoms with Gasteiger partial charge in [0.2, 0.25) is 0 Å². The summed E-state index contributed by atoms with van der Waals surface area (Å²) in [5.74, 6) is 0. The number of rotatable bonds is 90. The van der Waals surface area contributed by atoms with Gasteiger partial charge in [0.15, 0.2) is 0 Å². The average molecular weight is 1600 g/mol. The third-order valence-corrected chi connectivity index (χ3v) is 26.5. The van der Waals surface area contributed by atoms with E-state index in [2.05, 4.69) is 13.8 Å². The Morgan fingerprint density at radius 1 is 0.171 bits per heavy atom. The van der Waals surface area contributed by atoms with Gasteiger partial charge in [-0.3, -0.25) is 0 Å². The summed E-state index contributed by atoms with van der Waals surface area (Å²) in [4.78, 5) is -0.0795. The van der Waals surface area contributed by atoms with Crippen LogP contribution in [0.4, 0.5) is 0 Å². The molecule has 0 aliphatic rings. The molecule has 0 radical (unpaired) electrons. The van der Waals surface area contributed by atoms with E-state index in [1.54, 1.807) is 24.3 Å². The number of aryl methyl sites for hydroxylation is 2. The molecule has 0 atom stereocenters. The van der Waals surface area contributed by atoms with Crippen LogP contribution in [0.2, 0.25) is 0 Å². The van der Waals surface area contributed by atoms with Crippen LogP contribution in [0.25, 0.3) is 0 Å². The largest absolute Gasteiger partial charge is 2.00 e. The summed E-state index contributed by atoms with van der Waals surface area (Å²) in [6, 6.07) is 13.3. The molecule has 648 valence electrons. The number of unbranched alkanes of at least 4 members (excludes halogenated alkanes) is 84. The molecule has 0 saturated carbocycles. The van der Waals surface area contributed by atoms with Gasteiger partial charge in [-0.15, -0.1) is 0 Å². The Balaban J connectivity index is 0.00000216. The van der Waals surface area contributed by atoms with E-state index < -0.39 is 20.2 Å². The van der Waals surface area contributed by atoms with Gasteiger partial charge in [-0.2, -0.15) is 0 Å². The second kappa shape index (κ2) is 89.8. The number of benzene rings is 2. The maximum atomic E-state index is 11.4. The Morgan fingerprint density at radius 2 is 0.270 bits per heavy atom. The molecule has 0 bridgehead atoms. The Labute approximate surface area is 712 Å². The minimum absolute atomic E-state index is 0. The van der Waals surface area contributed by atoms with Crippen molar-refractivity contribution in [1.82, 2.24) is 0 Å². The summed E-state index contributed by atoms with van der Waals surface area (Å²) in [6.07, 6.45) is 124. The molecule has 0 aliphatic heterocycles. The molecule has 6 nitrogen and oxygen atoms in total. The molecule has 0 amide bonds. The van der Waals surface area contributed by atoms with Gasteiger partial charge in [0, 0.05) is 0 Å².